The molecule has 3 rings (SSSR count). The molecule has 1 saturated carbocycles. The lowest BCUT2D eigenvalue weighted by Gasteiger charge is -2.17. The Morgan fingerprint density at radius 3 is 2.41 bits per heavy atom. The fourth-order valence-electron chi connectivity index (χ4n) is 2.79. The van der Waals surface area contributed by atoms with E-state index in [9.17, 15) is 0 Å². The Morgan fingerprint density at radius 1 is 0.955 bits per heavy atom. The minimum absolute atomic E-state index is 0.529. The van der Waals surface area contributed by atoms with Gasteiger partial charge in [-0.3, -0.25) is 0 Å². The van der Waals surface area contributed by atoms with Gasteiger partial charge < -0.3 is 10.6 Å². The molecule has 116 valence electrons. The number of benzene rings is 1. The molecule has 1 aromatic heterocycles. The summed E-state index contributed by atoms with van der Waals surface area (Å²) in [5.74, 6) is 1.49. The first-order valence-corrected chi connectivity index (χ1v) is 8.29. The first-order valence-electron chi connectivity index (χ1n) is 7.92. The number of rotatable bonds is 4. The maximum absolute atomic E-state index is 5.89. The highest BCUT2D eigenvalue weighted by atomic mass is 35.5. The summed E-state index contributed by atoms with van der Waals surface area (Å²) in [5.41, 5.74) is 0.927. The van der Waals surface area contributed by atoms with Crippen LogP contribution in [0.3, 0.4) is 0 Å². The van der Waals surface area contributed by atoms with Crippen molar-refractivity contribution in [3.63, 3.8) is 0 Å². The van der Waals surface area contributed by atoms with E-state index in [1.54, 1.807) is 6.20 Å². The van der Waals surface area contributed by atoms with Crippen molar-refractivity contribution in [2.24, 2.45) is 0 Å². The Kier molecular flexibility index (Phi) is 5.11. The standard InChI is InChI=1S/C17H21ClN4/c18-13-7-9-15(10-8-13)21-17-19-12-11-16(22-17)20-14-5-3-1-2-4-6-14/h7-12,14H,1-6H2,(H2,19,20,21,22). The Labute approximate surface area is 136 Å². The van der Waals surface area contributed by atoms with E-state index in [1.165, 1.54) is 38.5 Å². The van der Waals surface area contributed by atoms with Crippen LogP contribution in [0.15, 0.2) is 36.5 Å². The predicted octanol–water partition coefficient (Wildman–Crippen LogP) is 5.01. The van der Waals surface area contributed by atoms with Crippen LogP contribution in [0.5, 0.6) is 0 Å². The number of aromatic nitrogens is 2. The van der Waals surface area contributed by atoms with Gasteiger partial charge in [-0.25, -0.2) is 4.98 Å². The Bertz CT molecular complexity index is 592. The molecule has 1 aliphatic rings. The first kappa shape index (κ1) is 15.1. The van der Waals surface area contributed by atoms with E-state index >= 15 is 0 Å². The molecule has 0 saturated heterocycles. The van der Waals surface area contributed by atoms with E-state index in [1.807, 2.05) is 30.3 Å². The highest BCUT2D eigenvalue weighted by Gasteiger charge is 2.12. The second-order valence-electron chi connectivity index (χ2n) is 5.73. The summed E-state index contributed by atoms with van der Waals surface area (Å²) >= 11 is 5.89. The summed E-state index contributed by atoms with van der Waals surface area (Å²) in [5, 5.41) is 7.46. The smallest absolute Gasteiger partial charge is 0.229 e. The quantitative estimate of drug-likeness (QED) is 0.779. The van der Waals surface area contributed by atoms with E-state index in [0.717, 1.165) is 16.5 Å². The Morgan fingerprint density at radius 2 is 1.68 bits per heavy atom. The molecule has 22 heavy (non-hydrogen) atoms. The second-order valence-corrected chi connectivity index (χ2v) is 6.17. The summed E-state index contributed by atoms with van der Waals surface area (Å²) in [6.45, 7) is 0. The zero-order valence-electron chi connectivity index (χ0n) is 12.6. The fraction of sp³-hybridized carbons (Fsp3) is 0.412. The van der Waals surface area contributed by atoms with Crippen LogP contribution < -0.4 is 10.6 Å². The molecule has 0 spiro atoms. The first-order chi connectivity index (χ1) is 10.8. The van der Waals surface area contributed by atoms with E-state index in [-0.39, 0.29) is 0 Å². The maximum Gasteiger partial charge on any atom is 0.229 e. The third-order valence-corrected chi connectivity index (χ3v) is 4.22. The van der Waals surface area contributed by atoms with Crippen molar-refractivity contribution < 1.29 is 0 Å². The predicted molar refractivity (Wildman–Crippen MR) is 91.9 cm³/mol. The lowest BCUT2D eigenvalue weighted by atomic mass is 10.1. The number of nitrogens with zero attached hydrogens (tertiary/aromatic N) is 2. The van der Waals surface area contributed by atoms with Crippen LogP contribution in [0.2, 0.25) is 5.02 Å². The number of hydrogen-bond acceptors (Lipinski definition) is 4. The third kappa shape index (κ3) is 4.34. The molecule has 1 aliphatic carbocycles. The van der Waals surface area contributed by atoms with Crippen LogP contribution in [0.25, 0.3) is 0 Å². The molecule has 4 nitrogen and oxygen atoms in total. The molecule has 2 N–H and O–H groups in total. The van der Waals surface area contributed by atoms with Crippen LogP contribution in [0.4, 0.5) is 17.5 Å². The molecule has 0 radical (unpaired) electrons. The summed E-state index contributed by atoms with van der Waals surface area (Å²) in [4.78, 5) is 8.82. The fourth-order valence-corrected chi connectivity index (χ4v) is 2.92. The molecular weight excluding hydrogens is 296 g/mol. The molecule has 0 bridgehead atoms. The molecule has 1 aromatic carbocycles. The van der Waals surface area contributed by atoms with Gasteiger partial charge in [-0.05, 0) is 43.2 Å². The average Bonchev–Trinajstić information content (AvgIpc) is 2.79. The van der Waals surface area contributed by atoms with Gasteiger partial charge in [0.25, 0.3) is 0 Å². The van der Waals surface area contributed by atoms with Gasteiger partial charge in [0.05, 0.1) is 0 Å². The Balaban J connectivity index is 1.65. The number of anilines is 3. The van der Waals surface area contributed by atoms with Gasteiger partial charge in [0, 0.05) is 22.9 Å². The Hall–Kier alpha value is -1.81. The van der Waals surface area contributed by atoms with Crippen molar-refractivity contribution >= 4 is 29.1 Å². The minimum Gasteiger partial charge on any atom is -0.367 e. The van der Waals surface area contributed by atoms with Gasteiger partial charge in [-0.1, -0.05) is 37.3 Å². The molecule has 0 amide bonds. The monoisotopic (exact) mass is 316 g/mol. The largest absolute Gasteiger partial charge is 0.367 e. The highest BCUT2D eigenvalue weighted by Crippen LogP contribution is 2.21. The SMILES string of the molecule is Clc1ccc(Nc2nccc(NC3CCCCCC3)n2)cc1. The molecule has 0 unspecified atom stereocenters. The van der Waals surface area contributed by atoms with Crippen molar-refractivity contribution in [1.82, 2.24) is 9.97 Å². The molecule has 1 heterocycles. The molecule has 5 heteroatoms. The lowest BCUT2D eigenvalue weighted by molar-refractivity contribution is 0.617. The highest BCUT2D eigenvalue weighted by molar-refractivity contribution is 6.30. The molecule has 1 fully saturated rings. The minimum atomic E-state index is 0.529. The van der Waals surface area contributed by atoms with Gasteiger partial charge in [0.15, 0.2) is 0 Å². The third-order valence-electron chi connectivity index (χ3n) is 3.96. The van der Waals surface area contributed by atoms with Crippen LogP contribution in [0.1, 0.15) is 38.5 Å². The summed E-state index contributed by atoms with van der Waals surface area (Å²) in [6, 6.07) is 9.97. The van der Waals surface area contributed by atoms with Gasteiger partial charge in [-0.15, -0.1) is 0 Å². The van der Waals surface area contributed by atoms with Crippen molar-refractivity contribution in [3.8, 4) is 0 Å². The molecule has 2 aromatic rings. The van der Waals surface area contributed by atoms with E-state index < -0.39 is 0 Å². The van der Waals surface area contributed by atoms with E-state index in [2.05, 4.69) is 20.6 Å². The van der Waals surface area contributed by atoms with Crippen molar-refractivity contribution in [1.29, 1.82) is 0 Å². The van der Waals surface area contributed by atoms with Crippen LogP contribution in [0, 0.1) is 0 Å². The lowest BCUT2D eigenvalue weighted by Crippen LogP contribution is -2.19. The summed E-state index contributed by atoms with van der Waals surface area (Å²) in [7, 11) is 0. The average molecular weight is 317 g/mol. The zero-order valence-corrected chi connectivity index (χ0v) is 13.3. The zero-order chi connectivity index (χ0) is 15.2. The van der Waals surface area contributed by atoms with Gasteiger partial charge in [0.1, 0.15) is 5.82 Å². The topological polar surface area (TPSA) is 49.8 Å². The molecular formula is C17H21ClN4. The molecule has 0 atom stereocenters. The normalized spacial score (nSPS) is 16.0. The number of halogens is 1. The van der Waals surface area contributed by atoms with Gasteiger partial charge in [-0.2, -0.15) is 4.98 Å². The van der Waals surface area contributed by atoms with Gasteiger partial charge in [0.2, 0.25) is 5.95 Å². The summed E-state index contributed by atoms with van der Waals surface area (Å²) in [6.07, 6.45) is 9.55. The van der Waals surface area contributed by atoms with E-state index in [4.69, 9.17) is 11.6 Å². The van der Waals surface area contributed by atoms with Gasteiger partial charge >= 0.3 is 0 Å². The van der Waals surface area contributed by atoms with E-state index in [0.29, 0.717) is 12.0 Å². The molecule has 0 aliphatic heterocycles. The van der Waals surface area contributed by atoms with Crippen molar-refractivity contribution in [2.75, 3.05) is 10.6 Å². The number of nitrogens with one attached hydrogen (secondary N) is 2. The van der Waals surface area contributed by atoms with Crippen LogP contribution in [-0.4, -0.2) is 16.0 Å². The number of hydrogen-bond donors (Lipinski definition) is 2. The summed E-state index contributed by atoms with van der Waals surface area (Å²) < 4.78 is 0. The second kappa shape index (κ2) is 7.45. The van der Waals surface area contributed by atoms with Crippen molar-refractivity contribution in [3.05, 3.63) is 41.6 Å². The maximum atomic E-state index is 5.89. The van der Waals surface area contributed by atoms with Crippen molar-refractivity contribution in [2.45, 2.75) is 44.6 Å². The van der Waals surface area contributed by atoms with Crippen LogP contribution >= 0.6 is 11.6 Å². The van der Waals surface area contributed by atoms with Crippen LogP contribution in [-0.2, 0) is 0 Å².